The Labute approximate surface area is 275 Å². The molecule has 0 radical (unpaired) electrons. The summed E-state index contributed by atoms with van der Waals surface area (Å²) >= 11 is 19.6. The first-order chi connectivity index (χ1) is 19.2. The second-order valence-electron chi connectivity index (χ2n) is 8.66. The van der Waals surface area contributed by atoms with Crippen LogP contribution in [-0.4, -0.2) is 17.1 Å². The molecule has 1 aliphatic rings. The number of ether oxygens (including phenoxy) is 2. The first-order valence-electron chi connectivity index (χ1n) is 12.0. The number of benzene rings is 2. The molecule has 0 amide bonds. The average Bonchev–Trinajstić information content (AvgIpc) is 3.52. The van der Waals surface area contributed by atoms with Gasteiger partial charge in [0.1, 0.15) is 18.4 Å². The van der Waals surface area contributed by atoms with Gasteiger partial charge in [-0.1, -0.05) is 46.7 Å². The van der Waals surface area contributed by atoms with Crippen molar-refractivity contribution in [3.8, 4) is 5.75 Å². The summed E-state index contributed by atoms with van der Waals surface area (Å²) in [5, 5.41) is 3.05. The van der Waals surface area contributed by atoms with Crippen molar-refractivity contribution in [3.05, 3.63) is 112 Å². The van der Waals surface area contributed by atoms with Crippen LogP contribution in [0.4, 0.5) is 0 Å². The molecular formula is C28H20Cl2I2N2O4S2. The fraction of sp³-hybridized carbons (Fsp3) is 0.179. The largest absolute Gasteiger partial charge is 0.487 e. The number of halogens is 4. The van der Waals surface area contributed by atoms with Gasteiger partial charge in [0.15, 0.2) is 4.80 Å². The molecule has 0 spiro atoms. The number of aromatic nitrogens is 1. The third-order valence-electron chi connectivity index (χ3n) is 6.04. The molecule has 0 aliphatic carbocycles. The lowest BCUT2D eigenvalue weighted by Gasteiger charge is -2.23. The first-order valence-corrected chi connectivity index (χ1v) is 16.6. The molecule has 1 atom stereocenters. The number of nitrogens with zero attached hydrogens (tertiary/aromatic N) is 2. The van der Waals surface area contributed by atoms with E-state index in [9.17, 15) is 9.59 Å². The highest BCUT2D eigenvalue weighted by molar-refractivity contribution is 14.1. The lowest BCUT2D eigenvalue weighted by molar-refractivity contribution is -0.139. The zero-order chi connectivity index (χ0) is 28.6. The summed E-state index contributed by atoms with van der Waals surface area (Å²) in [4.78, 5) is 32.8. The van der Waals surface area contributed by atoms with Gasteiger partial charge in [-0.05, 0) is 106 Å². The van der Waals surface area contributed by atoms with Crippen molar-refractivity contribution in [3.63, 3.8) is 0 Å². The number of fused-ring (bicyclic) bond motifs is 1. The maximum atomic E-state index is 13.8. The van der Waals surface area contributed by atoms with Gasteiger partial charge in [0.25, 0.3) is 5.56 Å². The number of allylic oxidation sites excluding steroid dienone is 1. The summed E-state index contributed by atoms with van der Waals surface area (Å²) in [5.74, 6) is 0.272. The monoisotopic (exact) mass is 836 g/mol. The van der Waals surface area contributed by atoms with Crippen molar-refractivity contribution in [1.29, 1.82) is 0 Å². The van der Waals surface area contributed by atoms with Crippen LogP contribution in [0.5, 0.6) is 5.75 Å². The summed E-state index contributed by atoms with van der Waals surface area (Å²) in [6.45, 7) is 4.07. The molecule has 2 aromatic carbocycles. The molecule has 0 fully saturated rings. The summed E-state index contributed by atoms with van der Waals surface area (Å²) in [6.07, 6.45) is 1.85. The summed E-state index contributed by atoms with van der Waals surface area (Å²) in [5.41, 5.74) is 2.41. The third-order valence-corrected chi connectivity index (χ3v) is 10.1. The van der Waals surface area contributed by atoms with Crippen LogP contribution < -0.4 is 19.6 Å². The van der Waals surface area contributed by atoms with Gasteiger partial charge < -0.3 is 9.47 Å². The van der Waals surface area contributed by atoms with E-state index in [4.69, 9.17) is 32.7 Å². The Morgan fingerprint density at radius 1 is 1.18 bits per heavy atom. The molecule has 1 aliphatic heterocycles. The number of carbonyl (C=O) groups is 1. The van der Waals surface area contributed by atoms with Crippen LogP contribution in [0.25, 0.3) is 6.08 Å². The van der Waals surface area contributed by atoms with Gasteiger partial charge in [-0.3, -0.25) is 9.36 Å². The zero-order valence-corrected chi connectivity index (χ0v) is 28.5. The van der Waals surface area contributed by atoms with Crippen LogP contribution in [0.3, 0.4) is 0 Å². The molecule has 40 heavy (non-hydrogen) atoms. The minimum atomic E-state index is -0.590. The molecule has 4 aromatic rings. The Hall–Kier alpha value is -1.71. The minimum absolute atomic E-state index is 0.209. The van der Waals surface area contributed by atoms with Crippen molar-refractivity contribution in [2.45, 2.75) is 26.5 Å². The second-order valence-corrected chi connectivity index (χ2v) is 13.8. The van der Waals surface area contributed by atoms with Crippen LogP contribution in [0, 0.1) is 7.14 Å². The topological polar surface area (TPSA) is 69.9 Å². The predicted octanol–water partition coefficient (Wildman–Crippen LogP) is 6.95. The van der Waals surface area contributed by atoms with Gasteiger partial charge >= 0.3 is 5.97 Å². The number of thiophene rings is 1. The van der Waals surface area contributed by atoms with E-state index in [0.717, 1.165) is 28.9 Å². The van der Waals surface area contributed by atoms with Crippen LogP contribution in [0.15, 0.2) is 68.9 Å². The second kappa shape index (κ2) is 12.7. The van der Waals surface area contributed by atoms with E-state index >= 15 is 0 Å². The molecule has 0 N–H and O–H groups in total. The maximum Gasteiger partial charge on any atom is 0.338 e. The molecule has 206 valence electrons. The smallest absolute Gasteiger partial charge is 0.338 e. The van der Waals surface area contributed by atoms with Gasteiger partial charge in [-0.15, -0.1) is 11.3 Å². The van der Waals surface area contributed by atoms with E-state index in [1.165, 1.54) is 22.7 Å². The van der Waals surface area contributed by atoms with E-state index in [0.29, 0.717) is 37.3 Å². The number of rotatable bonds is 7. The number of thiazole rings is 1. The SMILES string of the molecule is CCOC(=O)C1=C(C)N=c2s/c(=C\c3cc(I)c(OCc4ccc(Cl)cc4Cl)c(I)c3)c(=O)n2C1c1cccs1. The fourth-order valence-corrected chi connectivity index (χ4v) is 8.71. The molecule has 12 heteroatoms. The molecule has 6 nitrogen and oxygen atoms in total. The minimum Gasteiger partial charge on any atom is -0.487 e. The van der Waals surface area contributed by atoms with E-state index in [1.54, 1.807) is 30.5 Å². The van der Waals surface area contributed by atoms with Crippen molar-refractivity contribution in [2.24, 2.45) is 4.99 Å². The van der Waals surface area contributed by atoms with E-state index in [-0.39, 0.29) is 12.2 Å². The van der Waals surface area contributed by atoms with Gasteiger partial charge in [-0.2, -0.15) is 0 Å². The van der Waals surface area contributed by atoms with Crippen LogP contribution in [-0.2, 0) is 16.1 Å². The number of carbonyl (C=O) groups excluding carboxylic acids is 1. The molecule has 1 unspecified atom stereocenters. The van der Waals surface area contributed by atoms with E-state index in [1.807, 2.05) is 41.8 Å². The van der Waals surface area contributed by atoms with Crippen molar-refractivity contribution in [1.82, 2.24) is 4.57 Å². The number of hydrogen-bond acceptors (Lipinski definition) is 7. The molecular weight excluding hydrogens is 817 g/mol. The lowest BCUT2D eigenvalue weighted by atomic mass is 10.0. The average molecular weight is 837 g/mol. The van der Waals surface area contributed by atoms with Crippen molar-refractivity contribution < 1.29 is 14.3 Å². The Balaban J connectivity index is 1.52. The standard InChI is InChI=1S/C28H20Cl2I2N2O4S2/c1-3-37-27(36)23-14(2)33-28-34(24(23)21-5-4-8-39-21)26(35)22(40-28)11-15-9-19(31)25(20(32)10-15)38-13-16-6-7-17(29)12-18(16)30/h4-12,24H,3,13H2,1-2H3/b22-11-. The molecule has 0 saturated heterocycles. The Kier molecular flexibility index (Phi) is 9.42. The highest BCUT2D eigenvalue weighted by Crippen LogP contribution is 2.34. The number of esters is 1. The summed E-state index contributed by atoms with van der Waals surface area (Å²) in [6, 6.07) is 12.5. The normalized spacial score (nSPS) is 15.2. The van der Waals surface area contributed by atoms with Gasteiger partial charge in [0.2, 0.25) is 0 Å². The highest BCUT2D eigenvalue weighted by atomic mass is 127. The Bertz CT molecular complexity index is 1810. The molecule has 2 aromatic heterocycles. The first kappa shape index (κ1) is 29.8. The fourth-order valence-electron chi connectivity index (χ4n) is 4.25. The van der Waals surface area contributed by atoms with Gasteiger partial charge in [0, 0.05) is 20.5 Å². The van der Waals surface area contributed by atoms with E-state index in [2.05, 4.69) is 50.2 Å². The third kappa shape index (κ3) is 6.07. The van der Waals surface area contributed by atoms with Gasteiger partial charge in [0.05, 0.1) is 29.5 Å². The van der Waals surface area contributed by atoms with Crippen molar-refractivity contribution in [2.75, 3.05) is 6.61 Å². The van der Waals surface area contributed by atoms with E-state index < -0.39 is 12.0 Å². The Morgan fingerprint density at radius 2 is 1.93 bits per heavy atom. The van der Waals surface area contributed by atoms with Gasteiger partial charge in [-0.25, -0.2) is 9.79 Å². The van der Waals surface area contributed by atoms with Crippen molar-refractivity contribution >= 4 is 103 Å². The number of hydrogen-bond donors (Lipinski definition) is 0. The zero-order valence-electron chi connectivity index (χ0n) is 21.0. The predicted molar refractivity (Wildman–Crippen MR) is 177 cm³/mol. The molecule has 3 heterocycles. The maximum absolute atomic E-state index is 13.8. The summed E-state index contributed by atoms with van der Waals surface area (Å²) < 4.78 is 15.4. The molecule has 0 saturated carbocycles. The lowest BCUT2D eigenvalue weighted by Crippen LogP contribution is -2.39. The summed E-state index contributed by atoms with van der Waals surface area (Å²) in [7, 11) is 0. The van der Waals surface area contributed by atoms with Crippen LogP contribution >= 0.6 is 91.1 Å². The Morgan fingerprint density at radius 3 is 2.58 bits per heavy atom. The quantitative estimate of drug-likeness (QED) is 0.149. The molecule has 5 rings (SSSR count). The van der Waals surface area contributed by atoms with Crippen LogP contribution in [0.2, 0.25) is 10.0 Å². The van der Waals surface area contributed by atoms with Crippen LogP contribution in [0.1, 0.15) is 35.9 Å². The highest BCUT2D eigenvalue weighted by Gasteiger charge is 2.33. The molecule has 0 bridgehead atoms.